The summed E-state index contributed by atoms with van der Waals surface area (Å²) in [7, 11) is 0. The molecule has 2 N–H and O–H groups in total. The van der Waals surface area contributed by atoms with Crippen molar-refractivity contribution in [3.8, 4) is 11.5 Å². The molecule has 2 aromatic carbocycles. The lowest BCUT2D eigenvalue weighted by molar-refractivity contribution is -0.139. The van der Waals surface area contributed by atoms with Crippen LogP contribution in [0.25, 0.3) is 0 Å². The Balaban J connectivity index is 2.06. The number of benzene rings is 2. The molecule has 0 aliphatic rings. The Hall–Kier alpha value is -2.33. The van der Waals surface area contributed by atoms with E-state index in [0.717, 1.165) is 23.5 Å². The maximum atomic E-state index is 11.2. The molecular formula is C18H21NO3. The fraction of sp³-hybridized carbons (Fsp3) is 0.278. The second-order valence-corrected chi connectivity index (χ2v) is 5.08. The molecule has 2 rings (SSSR count). The van der Waals surface area contributed by atoms with E-state index in [9.17, 15) is 9.90 Å². The van der Waals surface area contributed by atoms with Gasteiger partial charge in [-0.3, -0.25) is 4.79 Å². The molecule has 0 fully saturated rings. The van der Waals surface area contributed by atoms with Crippen molar-refractivity contribution in [2.45, 2.75) is 32.4 Å². The van der Waals surface area contributed by atoms with Crippen LogP contribution in [0.15, 0.2) is 54.6 Å². The summed E-state index contributed by atoms with van der Waals surface area (Å²) in [5.41, 5.74) is 0.939. The van der Waals surface area contributed by atoms with Crippen molar-refractivity contribution < 1.29 is 14.6 Å². The lowest BCUT2D eigenvalue weighted by Crippen LogP contribution is -2.36. The first kappa shape index (κ1) is 16.0. The first-order valence-electron chi connectivity index (χ1n) is 7.47. The second kappa shape index (κ2) is 8.20. The maximum absolute atomic E-state index is 11.2. The molecule has 1 atom stereocenters. The minimum Gasteiger partial charge on any atom is -0.480 e. The summed E-state index contributed by atoms with van der Waals surface area (Å²) in [5.74, 6) is 0.684. The van der Waals surface area contributed by atoms with Crippen molar-refractivity contribution in [2.75, 3.05) is 0 Å². The zero-order valence-electron chi connectivity index (χ0n) is 12.7. The van der Waals surface area contributed by atoms with Crippen molar-refractivity contribution in [1.29, 1.82) is 0 Å². The van der Waals surface area contributed by atoms with E-state index in [0.29, 0.717) is 13.0 Å². The van der Waals surface area contributed by atoms with Gasteiger partial charge in [0, 0.05) is 12.1 Å². The SMILES string of the molecule is CCCC(NCc1ccccc1Oc1ccccc1)C(=O)O. The number of rotatable bonds is 8. The van der Waals surface area contributed by atoms with E-state index in [4.69, 9.17) is 4.74 Å². The minimum atomic E-state index is -0.816. The van der Waals surface area contributed by atoms with E-state index in [1.165, 1.54) is 0 Å². The van der Waals surface area contributed by atoms with Crippen LogP contribution in [0.5, 0.6) is 11.5 Å². The van der Waals surface area contributed by atoms with Gasteiger partial charge in [-0.15, -0.1) is 0 Å². The summed E-state index contributed by atoms with van der Waals surface area (Å²) < 4.78 is 5.87. The number of aliphatic carboxylic acids is 1. The Morgan fingerprint density at radius 2 is 1.82 bits per heavy atom. The van der Waals surface area contributed by atoms with Crippen LogP contribution in [0.1, 0.15) is 25.3 Å². The average molecular weight is 299 g/mol. The van der Waals surface area contributed by atoms with Crippen LogP contribution in [0.4, 0.5) is 0 Å². The maximum Gasteiger partial charge on any atom is 0.320 e. The number of hydrogen-bond donors (Lipinski definition) is 2. The first-order chi connectivity index (χ1) is 10.7. The minimum absolute atomic E-state index is 0.458. The highest BCUT2D eigenvalue weighted by Crippen LogP contribution is 2.25. The lowest BCUT2D eigenvalue weighted by Gasteiger charge is -2.16. The van der Waals surface area contributed by atoms with Crippen LogP contribution in [0.3, 0.4) is 0 Å². The summed E-state index contributed by atoms with van der Waals surface area (Å²) in [6.45, 7) is 2.43. The molecular weight excluding hydrogens is 278 g/mol. The number of nitrogens with one attached hydrogen (secondary N) is 1. The number of ether oxygens (including phenoxy) is 1. The summed E-state index contributed by atoms with van der Waals surface area (Å²) in [5, 5.41) is 12.3. The third kappa shape index (κ3) is 4.60. The van der Waals surface area contributed by atoms with Gasteiger partial charge in [0.05, 0.1) is 0 Å². The fourth-order valence-electron chi connectivity index (χ4n) is 2.20. The normalized spacial score (nSPS) is 11.9. The number of para-hydroxylation sites is 2. The van der Waals surface area contributed by atoms with Gasteiger partial charge in [-0.25, -0.2) is 0 Å². The van der Waals surface area contributed by atoms with Gasteiger partial charge in [-0.2, -0.15) is 0 Å². The van der Waals surface area contributed by atoms with Gasteiger partial charge in [0.25, 0.3) is 0 Å². The first-order valence-corrected chi connectivity index (χ1v) is 7.47. The van der Waals surface area contributed by atoms with Crippen molar-refractivity contribution in [3.63, 3.8) is 0 Å². The molecule has 1 unspecified atom stereocenters. The van der Waals surface area contributed by atoms with E-state index >= 15 is 0 Å². The molecule has 0 radical (unpaired) electrons. The molecule has 0 bridgehead atoms. The van der Waals surface area contributed by atoms with Crippen LogP contribution in [-0.2, 0) is 11.3 Å². The Bertz CT molecular complexity index is 598. The smallest absolute Gasteiger partial charge is 0.320 e. The van der Waals surface area contributed by atoms with Crippen LogP contribution in [-0.4, -0.2) is 17.1 Å². The zero-order chi connectivity index (χ0) is 15.8. The molecule has 0 aromatic heterocycles. The molecule has 0 aliphatic heterocycles. The molecule has 0 amide bonds. The van der Waals surface area contributed by atoms with Gasteiger partial charge in [-0.05, 0) is 24.6 Å². The third-order valence-corrected chi connectivity index (χ3v) is 3.36. The van der Waals surface area contributed by atoms with E-state index in [2.05, 4.69) is 5.32 Å². The molecule has 0 spiro atoms. The van der Waals surface area contributed by atoms with Gasteiger partial charge in [0.15, 0.2) is 0 Å². The molecule has 0 saturated carbocycles. The monoisotopic (exact) mass is 299 g/mol. The van der Waals surface area contributed by atoms with Gasteiger partial charge in [0.1, 0.15) is 17.5 Å². The van der Waals surface area contributed by atoms with E-state index in [1.807, 2.05) is 61.5 Å². The van der Waals surface area contributed by atoms with Crippen molar-refractivity contribution in [3.05, 3.63) is 60.2 Å². The molecule has 116 valence electrons. The largest absolute Gasteiger partial charge is 0.480 e. The molecule has 0 heterocycles. The fourth-order valence-corrected chi connectivity index (χ4v) is 2.20. The number of hydrogen-bond acceptors (Lipinski definition) is 3. The van der Waals surface area contributed by atoms with Crippen molar-refractivity contribution in [1.82, 2.24) is 5.32 Å². The highest BCUT2D eigenvalue weighted by Gasteiger charge is 2.16. The predicted octanol–water partition coefficient (Wildman–Crippen LogP) is 3.82. The third-order valence-electron chi connectivity index (χ3n) is 3.36. The molecule has 0 saturated heterocycles. The molecule has 4 heteroatoms. The second-order valence-electron chi connectivity index (χ2n) is 5.08. The van der Waals surface area contributed by atoms with Crippen LogP contribution >= 0.6 is 0 Å². The lowest BCUT2D eigenvalue weighted by atomic mass is 10.1. The topological polar surface area (TPSA) is 58.6 Å². The summed E-state index contributed by atoms with van der Waals surface area (Å²) in [6.07, 6.45) is 1.43. The highest BCUT2D eigenvalue weighted by molar-refractivity contribution is 5.73. The quantitative estimate of drug-likeness (QED) is 0.778. The van der Waals surface area contributed by atoms with Crippen LogP contribution in [0.2, 0.25) is 0 Å². The standard InChI is InChI=1S/C18H21NO3/c1-2-8-16(18(20)21)19-13-14-9-6-7-12-17(14)22-15-10-4-3-5-11-15/h3-7,9-12,16,19H,2,8,13H2,1H3,(H,20,21). The van der Waals surface area contributed by atoms with Crippen molar-refractivity contribution >= 4 is 5.97 Å². The predicted molar refractivity (Wildman–Crippen MR) is 86.1 cm³/mol. The number of carboxylic acids is 1. The van der Waals surface area contributed by atoms with Gasteiger partial charge < -0.3 is 15.2 Å². The van der Waals surface area contributed by atoms with E-state index in [1.54, 1.807) is 0 Å². The van der Waals surface area contributed by atoms with Crippen molar-refractivity contribution in [2.24, 2.45) is 0 Å². The Morgan fingerprint density at radius 3 is 2.50 bits per heavy atom. The zero-order valence-corrected chi connectivity index (χ0v) is 12.7. The van der Waals surface area contributed by atoms with Crippen LogP contribution in [0, 0.1) is 0 Å². The Labute approximate surface area is 130 Å². The van der Waals surface area contributed by atoms with Gasteiger partial charge >= 0.3 is 5.97 Å². The number of carbonyl (C=O) groups is 1. The van der Waals surface area contributed by atoms with Gasteiger partial charge in [-0.1, -0.05) is 49.7 Å². The average Bonchev–Trinajstić information content (AvgIpc) is 2.53. The summed E-state index contributed by atoms with van der Waals surface area (Å²) >= 11 is 0. The molecule has 4 nitrogen and oxygen atoms in total. The van der Waals surface area contributed by atoms with Crippen LogP contribution < -0.4 is 10.1 Å². The summed E-state index contributed by atoms with van der Waals surface area (Å²) in [6, 6.07) is 16.7. The highest BCUT2D eigenvalue weighted by atomic mass is 16.5. The molecule has 22 heavy (non-hydrogen) atoms. The Morgan fingerprint density at radius 1 is 1.14 bits per heavy atom. The van der Waals surface area contributed by atoms with E-state index < -0.39 is 12.0 Å². The Kier molecular flexibility index (Phi) is 5.98. The number of carboxylic acid groups (broad SMARTS) is 1. The molecule has 0 aliphatic carbocycles. The molecule has 2 aromatic rings. The summed E-state index contributed by atoms with van der Waals surface area (Å²) in [4.78, 5) is 11.2. The van der Waals surface area contributed by atoms with E-state index in [-0.39, 0.29) is 0 Å². The van der Waals surface area contributed by atoms with Gasteiger partial charge in [0.2, 0.25) is 0 Å².